The first kappa shape index (κ1) is 22.5. The second-order valence-electron chi connectivity index (χ2n) is 8.14. The van der Waals surface area contributed by atoms with Crippen molar-refractivity contribution in [3.8, 4) is 5.82 Å². The summed E-state index contributed by atoms with van der Waals surface area (Å²) in [5.41, 5.74) is 5.35. The Kier molecular flexibility index (Phi) is 7.02. The molecule has 0 aliphatic heterocycles. The molecule has 0 aliphatic carbocycles. The van der Waals surface area contributed by atoms with Crippen molar-refractivity contribution < 1.29 is 0 Å². The van der Waals surface area contributed by atoms with E-state index in [1.165, 1.54) is 5.52 Å². The van der Waals surface area contributed by atoms with E-state index in [0.717, 1.165) is 66.1 Å². The third-order valence-electron chi connectivity index (χ3n) is 5.50. The molecule has 1 aromatic carbocycles. The molecule has 0 aliphatic rings. The van der Waals surface area contributed by atoms with E-state index < -0.39 is 0 Å². The summed E-state index contributed by atoms with van der Waals surface area (Å²) in [6, 6.07) is 14.4. The molecule has 0 bridgehead atoms. The first-order valence-corrected chi connectivity index (χ1v) is 11.5. The van der Waals surface area contributed by atoms with Gasteiger partial charge in [0.2, 0.25) is 0 Å². The maximum atomic E-state index is 4.72. The van der Waals surface area contributed by atoms with E-state index in [9.17, 15) is 0 Å². The lowest BCUT2D eigenvalue weighted by molar-refractivity contribution is 0.624. The molecular formula is C25H32N8. The molecule has 172 valence electrons. The van der Waals surface area contributed by atoms with Crippen molar-refractivity contribution in [2.75, 3.05) is 13.1 Å². The Morgan fingerprint density at radius 1 is 1.06 bits per heavy atom. The summed E-state index contributed by atoms with van der Waals surface area (Å²) in [6.07, 6.45) is 2.84. The van der Waals surface area contributed by atoms with Gasteiger partial charge in [-0.2, -0.15) is 5.10 Å². The number of nitrogens with one attached hydrogen (secondary N) is 2. The van der Waals surface area contributed by atoms with Crippen molar-refractivity contribution in [1.82, 2.24) is 34.9 Å². The topological polar surface area (TPSA) is 85.0 Å². The first-order valence-electron chi connectivity index (χ1n) is 11.5. The number of hydrogen-bond donors (Lipinski definition) is 2. The Morgan fingerprint density at radius 2 is 1.91 bits per heavy atom. The summed E-state index contributed by atoms with van der Waals surface area (Å²) in [6.45, 7) is 11.3. The normalized spacial score (nSPS) is 11.8. The zero-order chi connectivity index (χ0) is 23.2. The van der Waals surface area contributed by atoms with Gasteiger partial charge in [-0.3, -0.25) is 0 Å². The van der Waals surface area contributed by atoms with Crippen LogP contribution in [0.1, 0.15) is 36.1 Å². The number of fused-ring (bicyclic) bond motifs is 1. The number of para-hydroxylation sites is 2. The van der Waals surface area contributed by atoms with Crippen molar-refractivity contribution >= 4 is 17.0 Å². The molecule has 0 saturated carbocycles. The molecule has 8 nitrogen and oxygen atoms in total. The van der Waals surface area contributed by atoms with Gasteiger partial charge >= 0.3 is 0 Å². The minimum Gasteiger partial charge on any atom is -0.357 e. The zero-order valence-electron chi connectivity index (χ0n) is 19.8. The van der Waals surface area contributed by atoms with Gasteiger partial charge in [-0.25, -0.2) is 19.6 Å². The SMILES string of the molecule is CCNC(=NCc1ccc(-n2nc(C)cc2C)nc1)NCCCn1c(C)nc2ccccc21. The predicted molar refractivity (Wildman–Crippen MR) is 133 cm³/mol. The van der Waals surface area contributed by atoms with Crippen molar-refractivity contribution in [1.29, 1.82) is 0 Å². The smallest absolute Gasteiger partial charge is 0.191 e. The van der Waals surface area contributed by atoms with Crippen LogP contribution in [0.25, 0.3) is 16.9 Å². The molecule has 0 radical (unpaired) electrons. The monoisotopic (exact) mass is 444 g/mol. The number of aryl methyl sites for hydroxylation is 4. The highest BCUT2D eigenvalue weighted by atomic mass is 15.3. The van der Waals surface area contributed by atoms with Crippen molar-refractivity contribution in [2.24, 2.45) is 4.99 Å². The summed E-state index contributed by atoms with van der Waals surface area (Å²) < 4.78 is 4.14. The zero-order valence-corrected chi connectivity index (χ0v) is 19.8. The van der Waals surface area contributed by atoms with Gasteiger partial charge in [-0.1, -0.05) is 18.2 Å². The van der Waals surface area contributed by atoms with E-state index in [1.54, 1.807) is 0 Å². The average Bonchev–Trinajstić information content (AvgIpc) is 3.32. The number of benzene rings is 1. The predicted octanol–water partition coefficient (Wildman–Crippen LogP) is 3.69. The van der Waals surface area contributed by atoms with E-state index in [-0.39, 0.29) is 0 Å². The maximum Gasteiger partial charge on any atom is 0.191 e. The van der Waals surface area contributed by atoms with Crippen LogP contribution in [0.5, 0.6) is 0 Å². The van der Waals surface area contributed by atoms with E-state index in [4.69, 9.17) is 4.99 Å². The van der Waals surface area contributed by atoms with Gasteiger partial charge < -0.3 is 15.2 Å². The third kappa shape index (κ3) is 5.39. The summed E-state index contributed by atoms with van der Waals surface area (Å²) >= 11 is 0. The molecule has 4 aromatic rings. The molecule has 2 N–H and O–H groups in total. The van der Waals surface area contributed by atoms with Gasteiger partial charge in [-0.05, 0) is 63.9 Å². The Morgan fingerprint density at radius 3 is 2.64 bits per heavy atom. The minimum absolute atomic E-state index is 0.561. The lowest BCUT2D eigenvalue weighted by atomic mass is 10.3. The van der Waals surface area contributed by atoms with Gasteiger partial charge in [0, 0.05) is 31.5 Å². The van der Waals surface area contributed by atoms with Crippen molar-refractivity contribution in [3.63, 3.8) is 0 Å². The molecule has 0 amide bonds. The fourth-order valence-electron chi connectivity index (χ4n) is 3.93. The highest BCUT2D eigenvalue weighted by Crippen LogP contribution is 2.15. The largest absolute Gasteiger partial charge is 0.357 e. The number of nitrogens with zero attached hydrogens (tertiary/aromatic N) is 6. The van der Waals surface area contributed by atoms with Gasteiger partial charge in [0.15, 0.2) is 11.8 Å². The van der Waals surface area contributed by atoms with Crippen LogP contribution in [0.15, 0.2) is 53.7 Å². The maximum absolute atomic E-state index is 4.72. The Balaban J connectivity index is 1.33. The molecular weight excluding hydrogens is 412 g/mol. The second-order valence-corrected chi connectivity index (χ2v) is 8.14. The number of hydrogen-bond acceptors (Lipinski definition) is 4. The molecule has 0 atom stereocenters. The third-order valence-corrected chi connectivity index (χ3v) is 5.50. The molecule has 8 heteroatoms. The summed E-state index contributed by atoms with van der Waals surface area (Å²) in [5, 5.41) is 11.3. The van der Waals surface area contributed by atoms with E-state index >= 15 is 0 Å². The average molecular weight is 445 g/mol. The molecule has 3 heterocycles. The number of pyridine rings is 1. The Bertz CT molecular complexity index is 1230. The van der Waals surface area contributed by atoms with Gasteiger partial charge in [0.1, 0.15) is 5.82 Å². The number of aromatic nitrogens is 5. The van der Waals surface area contributed by atoms with Gasteiger partial charge in [0.25, 0.3) is 0 Å². The summed E-state index contributed by atoms with van der Waals surface area (Å²) in [5.74, 6) is 2.68. The lowest BCUT2D eigenvalue weighted by Gasteiger charge is -2.12. The Labute approximate surface area is 194 Å². The molecule has 4 rings (SSSR count). The number of imidazole rings is 1. The summed E-state index contributed by atoms with van der Waals surface area (Å²) in [4.78, 5) is 13.9. The van der Waals surface area contributed by atoms with Crippen LogP contribution in [0.3, 0.4) is 0 Å². The van der Waals surface area contributed by atoms with Crippen LogP contribution in [0, 0.1) is 20.8 Å². The van der Waals surface area contributed by atoms with E-state index in [2.05, 4.69) is 68.4 Å². The summed E-state index contributed by atoms with van der Waals surface area (Å²) in [7, 11) is 0. The molecule has 33 heavy (non-hydrogen) atoms. The molecule has 0 unspecified atom stereocenters. The highest BCUT2D eigenvalue weighted by Gasteiger charge is 2.07. The number of rotatable bonds is 8. The fraction of sp³-hybridized carbons (Fsp3) is 0.360. The van der Waals surface area contributed by atoms with Crippen LogP contribution >= 0.6 is 0 Å². The standard InChI is InChI=1S/C25H32N8/c1-5-26-25(27-13-8-14-32-20(4)30-22-9-6-7-10-23(22)32)29-17-21-11-12-24(28-16-21)33-19(3)15-18(2)31-33/h6-7,9-12,15-16H,5,8,13-14,17H2,1-4H3,(H2,26,27,29). The van der Waals surface area contributed by atoms with Crippen LogP contribution in [0.4, 0.5) is 0 Å². The van der Waals surface area contributed by atoms with Crippen LogP contribution in [-0.2, 0) is 13.1 Å². The highest BCUT2D eigenvalue weighted by molar-refractivity contribution is 5.79. The van der Waals surface area contributed by atoms with Crippen LogP contribution in [0.2, 0.25) is 0 Å². The molecule has 0 fully saturated rings. The van der Waals surface area contributed by atoms with Crippen LogP contribution < -0.4 is 10.6 Å². The molecule has 0 spiro atoms. The quantitative estimate of drug-likeness (QED) is 0.246. The lowest BCUT2D eigenvalue weighted by Crippen LogP contribution is -2.38. The Hall–Kier alpha value is -3.68. The van der Waals surface area contributed by atoms with Crippen molar-refractivity contribution in [3.05, 3.63) is 71.4 Å². The molecule has 0 saturated heterocycles. The van der Waals surface area contributed by atoms with E-state index in [1.807, 2.05) is 42.9 Å². The minimum atomic E-state index is 0.561. The van der Waals surface area contributed by atoms with Gasteiger partial charge in [0.05, 0.1) is 23.3 Å². The number of aliphatic imine (C=N–C) groups is 1. The molecule has 3 aromatic heterocycles. The fourth-order valence-corrected chi connectivity index (χ4v) is 3.93. The van der Waals surface area contributed by atoms with Crippen molar-refractivity contribution in [2.45, 2.75) is 47.2 Å². The van der Waals surface area contributed by atoms with Crippen LogP contribution in [-0.4, -0.2) is 43.4 Å². The number of guanidine groups is 1. The van der Waals surface area contributed by atoms with Gasteiger partial charge in [-0.15, -0.1) is 0 Å². The second kappa shape index (κ2) is 10.3. The van der Waals surface area contributed by atoms with E-state index in [0.29, 0.717) is 6.54 Å². The first-order chi connectivity index (χ1) is 16.0.